The molecule has 3 aromatic carbocycles. The van der Waals surface area contributed by atoms with Crippen LogP contribution in [0, 0.1) is 12.7 Å². The molecule has 0 unspecified atom stereocenters. The molecular formula is C27H22ClFO4. The second-order valence-electron chi connectivity index (χ2n) is 8.91. The topological polar surface area (TPSA) is 52.6 Å². The summed E-state index contributed by atoms with van der Waals surface area (Å²) in [6, 6.07) is 14.6. The summed E-state index contributed by atoms with van der Waals surface area (Å²) in [5.41, 5.74) is 2.47. The van der Waals surface area contributed by atoms with Crippen molar-refractivity contribution in [3.63, 3.8) is 0 Å². The fourth-order valence-electron chi connectivity index (χ4n) is 3.59. The minimum Gasteiger partial charge on any atom is -0.452 e. The zero-order valence-corrected chi connectivity index (χ0v) is 19.4. The highest BCUT2D eigenvalue weighted by molar-refractivity contribution is 6.32. The van der Waals surface area contributed by atoms with Gasteiger partial charge in [0.05, 0.1) is 16.1 Å². The van der Waals surface area contributed by atoms with E-state index in [1.54, 1.807) is 25.1 Å². The van der Waals surface area contributed by atoms with Gasteiger partial charge in [-0.15, -0.1) is 0 Å². The zero-order chi connectivity index (χ0) is 23.9. The Bertz CT molecular complexity index is 1280. The van der Waals surface area contributed by atoms with Gasteiger partial charge in [0.25, 0.3) is 0 Å². The highest BCUT2D eigenvalue weighted by Crippen LogP contribution is 2.38. The maximum atomic E-state index is 14.1. The van der Waals surface area contributed by atoms with Crippen LogP contribution in [0.15, 0.2) is 60.4 Å². The summed E-state index contributed by atoms with van der Waals surface area (Å²) in [5, 5.41) is 0.165. The summed E-state index contributed by atoms with van der Waals surface area (Å²) in [6.45, 7) is 8.00. The molecule has 0 radical (unpaired) electrons. The number of aryl methyl sites for hydroxylation is 1. The average Bonchev–Trinajstić information content (AvgIpc) is 3.06. The van der Waals surface area contributed by atoms with Crippen molar-refractivity contribution in [1.82, 2.24) is 0 Å². The third-order valence-electron chi connectivity index (χ3n) is 5.42. The molecule has 3 aromatic rings. The Balaban J connectivity index is 1.59. The van der Waals surface area contributed by atoms with E-state index in [0.29, 0.717) is 16.7 Å². The quantitative estimate of drug-likeness (QED) is 0.240. The molecule has 33 heavy (non-hydrogen) atoms. The first-order valence-corrected chi connectivity index (χ1v) is 10.8. The van der Waals surface area contributed by atoms with E-state index in [-0.39, 0.29) is 33.3 Å². The van der Waals surface area contributed by atoms with Gasteiger partial charge in [-0.1, -0.05) is 50.6 Å². The number of hydrogen-bond donors (Lipinski definition) is 0. The van der Waals surface area contributed by atoms with Gasteiger partial charge in [-0.05, 0) is 59.9 Å². The molecule has 4 nitrogen and oxygen atoms in total. The Morgan fingerprint density at radius 1 is 1.09 bits per heavy atom. The van der Waals surface area contributed by atoms with Gasteiger partial charge in [-0.25, -0.2) is 9.18 Å². The fraction of sp³-hybridized carbons (Fsp3) is 0.185. The minimum absolute atomic E-state index is 0.0263. The SMILES string of the molecule is Cc1cc(OC(=O)c2ccc(C(C)(C)C)cc2)cc2c1C(=O)/C(=C/c1c(F)cccc1Cl)O2. The van der Waals surface area contributed by atoms with Crippen molar-refractivity contribution < 1.29 is 23.5 Å². The number of carbonyl (C=O) groups excluding carboxylic acids is 2. The van der Waals surface area contributed by atoms with Gasteiger partial charge in [0.1, 0.15) is 17.3 Å². The minimum atomic E-state index is -0.564. The lowest BCUT2D eigenvalue weighted by Gasteiger charge is -2.18. The number of allylic oxidation sites excluding steroid dienone is 1. The lowest BCUT2D eigenvalue weighted by molar-refractivity contribution is 0.0734. The highest BCUT2D eigenvalue weighted by atomic mass is 35.5. The van der Waals surface area contributed by atoms with Gasteiger partial charge in [0.2, 0.25) is 5.78 Å². The Kier molecular flexibility index (Phi) is 5.85. The number of esters is 1. The van der Waals surface area contributed by atoms with Gasteiger partial charge in [0.15, 0.2) is 5.76 Å². The standard InChI is InChI=1S/C27H22ClFO4/c1-15-12-18(32-26(31)16-8-10-17(11-9-16)27(2,3)4)13-22-24(15)25(30)23(33-22)14-19-20(28)6-5-7-21(19)29/h5-14H,1-4H3/b23-14-. The van der Waals surface area contributed by atoms with E-state index in [0.717, 1.165) is 5.56 Å². The van der Waals surface area contributed by atoms with Crippen molar-refractivity contribution in [2.45, 2.75) is 33.1 Å². The molecule has 6 heteroatoms. The number of rotatable bonds is 3. The van der Waals surface area contributed by atoms with E-state index >= 15 is 0 Å². The van der Waals surface area contributed by atoms with Crippen LogP contribution in [0.3, 0.4) is 0 Å². The van der Waals surface area contributed by atoms with E-state index in [4.69, 9.17) is 21.1 Å². The van der Waals surface area contributed by atoms with Gasteiger partial charge >= 0.3 is 5.97 Å². The summed E-state index contributed by atoms with van der Waals surface area (Å²) in [7, 11) is 0. The van der Waals surface area contributed by atoms with Crippen molar-refractivity contribution >= 4 is 29.4 Å². The third-order valence-corrected chi connectivity index (χ3v) is 5.75. The van der Waals surface area contributed by atoms with Gasteiger partial charge in [0, 0.05) is 11.6 Å². The van der Waals surface area contributed by atoms with Crippen LogP contribution in [0.2, 0.25) is 5.02 Å². The van der Waals surface area contributed by atoms with E-state index < -0.39 is 17.6 Å². The molecule has 0 saturated heterocycles. The predicted octanol–water partition coefficient (Wildman–Crippen LogP) is 6.92. The molecule has 0 atom stereocenters. The lowest BCUT2D eigenvalue weighted by atomic mass is 9.87. The molecule has 0 aromatic heterocycles. The fourth-order valence-corrected chi connectivity index (χ4v) is 3.81. The largest absolute Gasteiger partial charge is 0.452 e. The normalized spacial score (nSPS) is 14.2. The number of carbonyl (C=O) groups is 2. The molecule has 0 amide bonds. The van der Waals surface area contributed by atoms with Crippen LogP contribution in [0.5, 0.6) is 11.5 Å². The molecule has 0 N–H and O–H groups in total. The maximum absolute atomic E-state index is 14.1. The lowest BCUT2D eigenvalue weighted by Crippen LogP contribution is -2.13. The van der Waals surface area contributed by atoms with Crippen LogP contribution in [0.1, 0.15) is 58.2 Å². The second kappa shape index (κ2) is 8.49. The number of benzene rings is 3. The third kappa shape index (κ3) is 4.55. The first kappa shape index (κ1) is 22.7. The molecular weight excluding hydrogens is 443 g/mol. The van der Waals surface area contributed by atoms with E-state index in [9.17, 15) is 14.0 Å². The number of ether oxygens (including phenoxy) is 2. The van der Waals surface area contributed by atoms with Crippen LogP contribution in [0.25, 0.3) is 6.08 Å². The zero-order valence-electron chi connectivity index (χ0n) is 18.7. The van der Waals surface area contributed by atoms with Gasteiger partial charge < -0.3 is 9.47 Å². The Morgan fingerprint density at radius 2 is 1.79 bits per heavy atom. The summed E-state index contributed by atoms with van der Waals surface area (Å²) in [4.78, 5) is 25.5. The average molecular weight is 465 g/mol. The number of fused-ring (bicyclic) bond motifs is 1. The summed E-state index contributed by atoms with van der Waals surface area (Å²) >= 11 is 6.06. The van der Waals surface area contributed by atoms with Crippen LogP contribution in [-0.4, -0.2) is 11.8 Å². The molecule has 0 spiro atoms. The first-order valence-electron chi connectivity index (χ1n) is 10.4. The monoisotopic (exact) mass is 464 g/mol. The predicted molar refractivity (Wildman–Crippen MR) is 126 cm³/mol. The molecule has 4 rings (SSSR count). The molecule has 0 aliphatic carbocycles. The highest BCUT2D eigenvalue weighted by Gasteiger charge is 2.31. The van der Waals surface area contributed by atoms with Crippen molar-refractivity contribution in [3.8, 4) is 11.5 Å². The number of hydrogen-bond acceptors (Lipinski definition) is 4. The van der Waals surface area contributed by atoms with E-state index in [1.807, 2.05) is 12.1 Å². The summed E-state index contributed by atoms with van der Waals surface area (Å²) in [5.74, 6) is -1.04. The molecule has 0 bridgehead atoms. The van der Waals surface area contributed by atoms with Crippen molar-refractivity contribution in [2.24, 2.45) is 0 Å². The molecule has 1 heterocycles. The Labute approximate surface area is 196 Å². The van der Waals surface area contributed by atoms with Gasteiger partial charge in [-0.2, -0.15) is 0 Å². The van der Waals surface area contributed by atoms with Crippen LogP contribution in [-0.2, 0) is 5.41 Å². The first-order chi connectivity index (χ1) is 15.5. The van der Waals surface area contributed by atoms with Gasteiger partial charge in [-0.3, -0.25) is 4.79 Å². The van der Waals surface area contributed by atoms with E-state index in [1.165, 1.54) is 30.3 Å². The molecule has 0 fully saturated rings. The number of halogens is 2. The summed E-state index contributed by atoms with van der Waals surface area (Å²) < 4.78 is 25.4. The van der Waals surface area contributed by atoms with Crippen molar-refractivity contribution in [1.29, 1.82) is 0 Å². The number of ketones is 1. The van der Waals surface area contributed by atoms with Crippen LogP contribution < -0.4 is 9.47 Å². The second-order valence-corrected chi connectivity index (χ2v) is 9.31. The van der Waals surface area contributed by atoms with Crippen LogP contribution in [0.4, 0.5) is 4.39 Å². The van der Waals surface area contributed by atoms with Crippen molar-refractivity contribution in [3.05, 3.63) is 99.0 Å². The summed E-state index contributed by atoms with van der Waals surface area (Å²) in [6.07, 6.45) is 1.28. The number of Topliss-reactive ketones (excluding diaryl/α,β-unsaturated/α-hetero) is 1. The van der Waals surface area contributed by atoms with Crippen molar-refractivity contribution in [2.75, 3.05) is 0 Å². The van der Waals surface area contributed by atoms with E-state index in [2.05, 4.69) is 20.8 Å². The molecule has 168 valence electrons. The molecule has 1 aliphatic rings. The maximum Gasteiger partial charge on any atom is 0.343 e. The Hall–Kier alpha value is -3.44. The van der Waals surface area contributed by atoms with Crippen LogP contribution >= 0.6 is 11.6 Å². The Morgan fingerprint density at radius 3 is 2.42 bits per heavy atom. The molecule has 1 aliphatic heterocycles. The smallest absolute Gasteiger partial charge is 0.343 e. The molecule has 0 saturated carbocycles.